The number of hydrogen-bond donors (Lipinski definition) is 0. The molecule has 2 aromatic rings. The van der Waals surface area contributed by atoms with Crippen LogP contribution in [0.2, 0.25) is 0 Å². The van der Waals surface area contributed by atoms with Crippen LogP contribution in [0.25, 0.3) is 0 Å². The number of pyridine rings is 1. The van der Waals surface area contributed by atoms with Gasteiger partial charge in [0.05, 0.1) is 13.2 Å². The molecule has 3 heterocycles. The molecule has 1 saturated heterocycles. The van der Waals surface area contributed by atoms with E-state index in [1.54, 1.807) is 18.0 Å². The summed E-state index contributed by atoms with van der Waals surface area (Å²) in [6.45, 7) is 4.15. The highest BCUT2D eigenvalue weighted by Gasteiger charge is 2.47. The second-order valence-corrected chi connectivity index (χ2v) is 6.79. The van der Waals surface area contributed by atoms with E-state index in [-0.39, 0.29) is 5.91 Å². The molecule has 1 aliphatic rings. The molecule has 0 N–H and O–H groups in total. The summed E-state index contributed by atoms with van der Waals surface area (Å²) in [5.41, 5.74) is 0.945. The van der Waals surface area contributed by atoms with Gasteiger partial charge >= 0.3 is 0 Å². The van der Waals surface area contributed by atoms with E-state index in [9.17, 15) is 4.79 Å². The topological polar surface area (TPSA) is 89.3 Å². The molecule has 0 radical (unpaired) electrons. The summed E-state index contributed by atoms with van der Waals surface area (Å²) < 4.78 is 6.92. The van der Waals surface area contributed by atoms with Crippen molar-refractivity contribution in [2.75, 3.05) is 40.9 Å². The predicted octanol–water partition coefficient (Wildman–Crippen LogP) is 0.326. The highest BCUT2D eigenvalue weighted by molar-refractivity contribution is 5.93. The number of tetrazole rings is 1. The number of likely N-dealkylation sites (N-methyl/N-ethyl adjacent to an activating group) is 1. The second kappa shape index (κ2) is 7.46. The van der Waals surface area contributed by atoms with Crippen LogP contribution in [0.4, 0.5) is 0 Å². The minimum absolute atomic E-state index is 0.0530. The van der Waals surface area contributed by atoms with Crippen molar-refractivity contribution in [3.63, 3.8) is 0 Å². The van der Waals surface area contributed by atoms with Gasteiger partial charge in [-0.3, -0.25) is 14.7 Å². The minimum Gasteiger partial charge on any atom is -0.383 e. The van der Waals surface area contributed by atoms with Gasteiger partial charge in [-0.05, 0) is 49.5 Å². The number of methoxy groups -OCH3 is 1. The first-order valence-corrected chi connectivity index (χ1v) is 8.63. The van der Waals surface area contributed by atoms with E-state index in [0.717, 1.165) is 17.8 Å². The number of ether oxygens (including phenoxy) is 1. The first-order valence-electron chi connectivity index (χ1n) is 8.63. The molecule has 140 valence electrons. The molecule has 0 aliphatic carbocycles. The monoisotopic (exact) mass is 359 g/mol. The van der Waals surface area contributed by atoms with Crippen LogP contribution in [0.15, 0.2) is 18.3 Å². The molecule has 0 bridgehead atoms. The number of carbonyl (C=O) groups is 1. The molecule has 9 heteroatoms. The maximum atomic E-state index is 13.0. The van der Waals surface area contributed by atoms with Gasteiger partial charge in [0.15, 0.2) is 5.82 Å². The van der Waals surface area contributed by atoms with E-state index < -0.39 is 5.54 Å². The van der Waals surface area contributed by atoms with Gasteiger partial charge in [-0.15, -0.1) is 5.10 Å². The van der Waals surface area contributed by atoms with Crippen molar-refractivity contribution >= 4 is 5.91 Å². The number of nitrogens with zero attached hydrogens (tertiary/aromatic N) is 7. The molecule has 1 aliphatic heterocycles. The number of hydrogen-bond acceptors (Lipinski definition) is 7. The summed E-state index contributed by atoms with van der Waals surface area (Å²) in [6, 6.07) is 3.74. The van der Waals surface area contributed by atoms with Gasteiger partial charge in [-0.25, -0.2) is 4.68 Å². The summed E-state index contributed by atoms with van der Waals surface area (Å²) in [7, 11) is 5.64. The average molecular weight is 359 g/mol. The van der Waals surface area contributed by atoms with Gasteiger partial charge in [0.1, 0.15) is 11.2 Å². The van der Waals surface area contributed by atoms with Gasteiger partial charge < -0.3 is 9.64 Å². The third-order valence-electron chi connectivity index (χ3n) is 5.06. The highest BCUT2D eigenvalue weighted by atomic mass is 16.5. The van der Waals surface area contributed by atoms with Crippen molar-refractivity contribution in [1.29, 1.82) is 0 Å². The normalized spacial score (nSPS) is 20.1. The van der Waals surface area contributed by atoms with Gasteiger partial charge in [0, 0.05) is 26.4 Å². The molecule has 1 unspecified atom stereocenters. The van der Waals surface area contributed by atoms with Gasteiger partial charge in [-0.2, -0.15) is 0 Å². The lowest BCUT2D eigenvalue weighted by atomic mass is 9.96. The molecule has 9 nitrogen and oxygen atoms in total. The summed E-state index contributed by atoms with van der Waals surface area (Å²) >= 11 is 0. The second-order valence-electron chi connectivity index (χ2n) is 6.79. The number of amides is 1. The molecule has 0 saturated carbocycles. The zero-order valence-corrected chi connectivity index (χ0v) is 15.7. The Morgan fingerprint density at radius 3 is 2.92 bits per heavy atom. The zero-order chi connectivity index (χ0) is 18.7. The van der Waals surface area contributed by atoms with Crippen molar-refractivity contribution in [2.24, 2.45) is 0 Å². The molecule has 1 atom stereocenters. The van der Waals surface area contributed by atoms with Gasteiger partial charge in [-0.1, -0.05) is 6.07 Å². The third kappa shape index (κ3) is 3.19. The van der Waals surface area contributed by atoms with Crippen molar-refractivity contribution in [2.45, 2.75) is 25.4 Å². The van der Waals surface area contributed by atoms with Crippen LogP contribution in [-0.2, 0) is 16.8 Å². The van der Waals surface area contributed by atoms with E-state index in [1.807, 2.05) is 38.1 Å². The van der Waals surface area contributed by atoms with E-state index in [0.29, 0.717) is 31.9 Å². The molecule has 1 fully saturated rings. The Labute approximate surface area is 152 Å². The van der Waals surface area contributed by atoms with Crippen molar-refractivity contribution in [3.8, 4) is 0 Å². The molecule has 0 spiro atoms. The molecule has 3 rings (SSSR count). The van der Waals surface area contributed by atoms with Crippen molar-refractivity contribution in [1.82, 2.24) is 35.0 Å². The first kappa shape index (κ1) is 18.4. The molecule has 0 aromatic carbocycles. The molecule has 2 aromatic heterocycles. The Bertz CT molecular complexity index is 776. The van der Waals surface area contributed by atoms with Crippen LogP contribution in [-0.4, -0.2) is 81.8 Å². The zero-order valence-electron chi connectivity index (χ0n) is 15.7. The Balaban J connectivity index is 1.88. The molecule has 1 amide bonds. The Morgan fingerprint density at radius 2 is 2.23 bits per heavy atom. The van der Waals surface area contributed by atoms with Crippen LogP contribution in [0.5, 0.6) is 0 Å². The molecule has 26 heavy (non-hydrogen) atoms. The third-order valence-corrected chi connectivity index (χ3v) is 5.06. The summed E-state index contributed by atoms with van der Waals surface area (Å²) in [5, 5.41) is 12.2. The maximum absolute atomic E-state index is 13.0. The number of aromatic nitrogens is 5. The highest BCUT2D eigenvalue weighted by Crippen LogP contribution is 2.35. The smallest absolute Gasteiger partial charge is 0.272 e. The lowest BCUT2D eigenvalue weighted by Crippen LogP contribution is -2.47. The largest absolute Gasteiger partial charge is 0.383 e. The Morgan fingerprint density at radius 1 is 1.42 bits per heavy atom. The lowest BCUT2D eigenvalue weighted by molar-refractivity contribution is 0.0730. The Kier molecular flexibility index (Phi) is 5.28. The molecular weight excluding hydrogens is 334 g/mol. The Hall–Kier alpha value is -2.39. The fourth-order valence-electron chi connectivity index (χ4n) is 3.44. The van der Waals surface area contributed by atoms with Crippen molar-refractivity contribution < 1.29 is 9.53 Å². The number of rotatable bonds is 6. The number of carbonyl (C=O) groups excluding carboxylic acids is 1. The predicted molar refractivity (Wildman–Crippen MR) is 94.6 cm³/mol. The van der Waals surface area contributed by atoms with Crippen LogP contribution in [0, 0.1) is 6.92 Å². The van der Waals surface area contributed by atoms with Gasteiger partial charge in [0.25, 0.3) is 5.91 Å². The van der Waals surface area contributed by atoms with E-state index >= 15 is 0 Å². The lowest BCUT2D eigenvalue weighted by Gasteiger charge is -2.34. The number of likely N-dealkylation sites (tertiary alicyclic amines) is 1. The standard InChI is InChI=1S/C17H25N7O2/c1-13-6-5-8-18-14(13)15(25)23-9-7-17(12-23,22(2)3)16-19-20-21-24(16)10-11-26-4/h5-6,8H,7,9-12H2,1-4H3. The first-order chi connectivity index (χ1) is 12.5. The quantitative estimate of drug-likeness (QED) is 0.734. The summed E-state index contributed by atoms with van der Waals surface area (Å²) in [6.07, 6.45) is 2.41. The van der Waals surface area contributed by atoms with Crippen molar-refractivity contribution in [3.05, 3.63) is 35.4 Å². The molecular formula is C17H25N7O2. The summed E-state index contributed by atoms with van der Waals surface area (Å²) in [5.74, 6) is 0.704. The SMILES string of the molecule is COCCn1nnnc1C1(N(C)C)CCN(C(=O)c2ncccc2C)C1. The summed E-state index contributed by atoms with van der Waals surface area (Å²) in [4.78, 5) is 21.2. The van der Waals surface area contributed by atoms with E-state index in [1.165, 1.54) is 0 Å². The fraction of sp³-hybridized carbons (Fsp3) is 0.588. The van der Waals surface area contributed by atoms with Gasteiger partial charge in [0.2, 0.25) is 0 Å². The van der Waals surface area contributed by atoms with Crippen LogP contribution in [0.1, 0.15) is 28.3 Å². The van der Waals surface area contributed by atoms with E-state index in [2.05, 4.69) is 25.4 Å². The minimum atomic E-state index is -0.435. The van der Waals surface area contributed by atoms with Crippen LogP contribution < -0.4 is 0 Å². The fourth-order valence-corrected chi connectivity index (χ4v) is 3.44. The van der Waals surface area contributed by atoms with Crippen LogP contribution in [0.3, 0.4) is 0 Å². The van der Waals surface area contributed by atoms with Crippen LogP contribution >= 0.6 is 0 Å². The van der Waals surface area contributed by atoms with E-state index in [4.69, 9.17) is 4.74 Å². The maximum Gasteiger partial charge on any atom is 0.272 e. The number of aryl methyl sites for hydroxylation is 1. The average Bonchev–Trinajstić information content (AvgIpc) is 3.27.